The average molecular weight is 269 g/mol. The second kappa shape index (κ2) is 5.80. The van der Waals surface area contributed by atoms with Crippen LogP contribution in [0.4, 0.5) is 5.82 Å². The Labute approximate surface area is 121 Å². The van der Waals surface area contributed by atoms with E-state index in [9.17, 15) is 0 Å². The molecule has 2 heterocycles. The summed E-state index contributed by atoms with van der Waals surface area (Å²) in [6.07, 6.45) is 3.79. The standard InChI is InChI=1S/C17H23N3/c1-13(2)14-6-8-16-15(12-14)7-9-17(19-16)20-11-5-3-4-10-18-20/h6-9,12-13,18H,3-5,10-11H2,1-2H3. The number of aromatic nitrogens is 1. The first kappa shape index (κ1) is 13.4. The van der Waals surface area contributed by atoms with Crippen LogP contribution in [0.15, 0.2) is 30.3 Å². The Hall–Kier alpha value is -1.61. The maximum Gasteiger partial charge on any atom is 0.143 e. The summed E-state index contributed by atoms with van der Waals surface area (Å²) in [5, 5.41) is 3.43. The van der Waals surface area contributed by atoms with Crippen molar-refractivity contribution in [3.05, 3.63) is 35.9 Å². The van der Waals surface area contributed by atoms with Crippen LogP contribution < -0.4 is 10.4 Å². The Morgan fingerprint density at radius 2 is 2.00 bits per heavy atom. The Bertz CT molecular complexity index is 584. The highest BCUT2D eigenvalue weighted by atomic mass is 15.5. The fourth-order valence-corrected chi connectivity index (χ4v) is 2.70. The first-order chi connectivity index (χ1) is 9.74. The maximum atomic E-state index is 4.80. The quantitative estimate of drug-likeness (QED) is 0.897. The second-order valence-electron chi connectivity index (χ2n) is 5.90. The minimum absolute atomic E-state index is 0.561. The lowest BCUT2D eigenvalue weighted by molar-refractivity contribution is 0.654. The number of hydrogen-bond acceptors (Lipinski definition) is 3. The van der Waals surface area contributed by atoms with Crippen LogP contribution in [-0.2, 0) is 0 Å². The van der Waals surface area contributed by atoms with E-state index in [1.165, 1.54) is 30.2 Å². The highest BCUT2D eigenvalue weighted by molar-refractivity contribution is 5.81. The highest BCUT2D eigenvalue weighted by Gasteiger charge is 2.11. The number of nitrogens with one attached hydrogen (secondary N) is 1. The van der Waals surface area contributed by atoms with E-state index in [1.54, 1.807) is 0 Å². The molecule has 2 aromatic rings. The summed E-state index contributed by atoms with van der Waals surface area (Å²) in [5.74, 6) is 1.60. The van der Waals surface area contributed by atoms with Crippen LogP contribution in [0.1, 0.15) is 44.6 Å². The molecule has 1 aromatic carbocycles. The zero-order valence-electron chi connectivity index (χ0n) is 12.4. The number of fused-ring (bicyclic) bond motifs is 1. The number of rotatable bonds is 2. The fourth-order valence-electron chi connectivity index (χ4n) is 2.70. The molecule has 0 spiro atoms. The van der Waals surface area contributed by atoms with E-state index < -0.39 is 0 Å². The largest absolute Gasteiger partial charge is 0.292 e. The first-order valence-corrected chi connectivity index (χ1v) is 7.66. The minimum atomic E-state index is 0.561. The number of hydrogen-bond donors (Lipinski definition) is 1. The van der Waals surface area contributed by atoms with Gasteiger partial charge in [0.1, 0.15) is 5.82 Å². The van der Waals surface area contributed by atoms with Gasteiger partial charge in [0.25, 0.3) is 0 Å². The van der Waals surface area contributed by atoms with Crippen molar-refractivity contribution in [2.24, 2.45) is 0 Å². The maximum absolute atomic E-state index is 4.80. The van der Waals surface area contributed by atoms with E-state index >= 15 is 0 Å². The summed E-state index contributed by atoms with van der Waals surface area (Å²) in [5.41, 5.74) is 5.92. The molecule has 0 aliphatic carbocycles. The molecular formula is C17H23N3. The van der Waals surface area contributed by atoms with Crippen LogP contribution in [0, 0.1) is 0 Å². The van der Waals surface area contributed by atoms with Crippen molar-refractivity contribution in [2.75, 3.05) is 18.1 Å². The SMILES string of the molecule is CC(C)c1ccc2nc(N3CCCCCN3)ccc2c1. The lowest BCUT2D eigenvalue weighted by Crippen LogP contribution is -2.38. The summed E-state index contributed by atoms with van der Waals surface area (Å²) in [7, 11) is 0. The fraction of sp³-hybridized carbons (Fsp3) is 0.471. The van der Waals surface area contributed by atoms with E-state index in [2.05, 4.69) is 54.6 Å². The van der Waals surface area contributed by atoms with E-state index in [1.807, 2.05) is 0 Å². The number of benzene rings is 1. The van der Waals surface area contributed by atoms with Crippen LogP contribution in [0.2, 0.25) is 0 Å². The van der Waals surface area contributed by atoms with Crippen LogP contribution in [0.25, 0.3) is 10.9 Å². The molecule has 0 bridgehead atoms. The van der Waals surface area contributed by atoms with Gasteiger partial charge in [-0.15, -0.1) is 0 Å². The van der Waals surface area contributed by atoms with E-state index in [0.29, 0.717) is 5.92 Å². The normalized spacial score (nSPS) is 16.6. The molecule has 0 saturated carbocycles. The Morgan fingerprint density at radius 1 is 1.10 bits per heavy atom. The van der Waals surface area contributed by atoms with Gasteiger partial charge < -0.3 is 0 Å². The predicted octanol–water partition coefficient (Wildman–Crippen LogP) is 3.85. The molecule has 0 unspecified atom stereocenters. The third-order valence-electron chi connectivity index (χ3n) is 4.00. The number of anilines is 1. The van der Waals surface area contributed by atoms with Crippen molar-refractivity contribution in [1.82, 2.24) is 10.4 Å². The number of hydrazine groups is 1. The smallest absolute Gasteiger partial charge is 0.143 e. The van der Waals surface area contributed by atoms with Gasteiger partial charge in [-0.2, -0.15) is 0 Å². The molecule has 106 valence electrons. The summed E-state index contributed by atoms with van der Waals surface area (Å²) >= 11 is 0. The van der Waals surface area contributed by atoms with Gasteiger partial charge in [-0.1, -0.05) is 26.3 Å². The van der Waals surface area contributed by atoms with Crippen molar-refractivity contribution in [1.29, 1.82) is 0 Å². The van der Waals surface area contributed by atoms with Gasteiger partial charge in [0.15, 0.2) is 0 Å². The summed E-state index contributed by atoms with van der Waals surface area (Å²) in [6.45, 7) is 6.54. The van der Waals surface area contributed by atoms with Crippen LogP contribution in [0.3, 0.4) is 0 Å². The van der Waals surface area contributed by atoms with Crippen molar-refractivity contribution >= 4 is 16.7 Å². The highest BCUT2D eigenvalue weighted by Crippen LogP contribution is 2.23. The molecular weight excluding hydrogens is 246 g/mol. The molecule has 0 amide bonds. The van der Waals surface area contributed by atoms with Crippen molar-refractivity contribution in [3.8, 4) is 0 Å². The molecule has 1 saturated heterocycles. The third-order valence-corrected chi connectivity index (χ3v) is 4.00. The second-order valence-corrected chi connectivity index (χ2v) is 5.90. The van der Waals surface area contributed by atoms with Gasteiger partial charge >= 0.3 is 0 Å². The molecule has 3 rings (SSSR count). The monoisotopic (exact) mass is 269 g/mol. The van der Waals surface area contributed by atoms with Gasteiger partial charge in [-0.25, -0.2) is 10.4 Å². The molecule has 0 radical (unpaired) electrons. The molecule has 1 aromatic heterocycles. The van der Waals surface area contributed by atoms with Gasteiger partial charge in [-0.05, 0) is 48.6 Å². The summed E-state index contributed by atoms with van der Waals surface area (Å²) < 4.78 is 0. The lowest BCUT2D eigenvalue weighted by atomic mass is 10.0. The van der Waals surface area contributed by atoms with Gasteiger partial charge in [-0.3, -0.25) is 5.01 Å². The van der Waals surface area contributed by atoms with Gasteiger partial charge in [0.05, 0.1) is 5.52 Å². The number of pyridine rings is 1. The van der Waals surface area contributed by atoms with Crippen molar-refractivity contribution in [3.63, 3.8) is 0 Å². The summed E-state index contributed by atoms with van der Waals surface area (Å²) in [4.78, 5) is 4.80. The molecule has 1 aliphatic rings. The topological polar surface area (TPSA) is 28.2 Å². The number of nitrogens with zero attached hydrogens (tertiary/aromatic N) is 2. The van der Waals surface area contributed by atoms with Crippen LogP contribution in [0.5, 0.6) is 0 Å². The zero-order chi connectivity index (χ0) is 13.9. The third kappa shape index (κ3) is 2.78. The molecule has 1 fully saturated rings. The molecule has 3 heteroatoms. The average Bonchev–Trinajstić information content (AvgIpc) is 2.75. The van der Waals surface area contributed by atoms with Crippen molar-refractivity contribution in [2.45, 2.75) is 39.0 Å². The van der Waals surface area contributed by atoms with E-state index in [-0.39, 0.29) is 0 Å². The Morgan fingerprint density at radius 3 is 2.85 bits per heavy atom. The molecule has 20 heavy (non-hydrogen) atoms. The minimum Gasteiger partial charge on any atom is -0.292 e. The molecule has 3 nitrogen and oxygen atoms in total. The zero-order valence-corrected chi connectivity index (χ0v) is 12.4. The van der Waals surface area contributed by atoms with E-state index in [0.717, 1.165) is 24.4 Å². The van der Waals surface area contributed by atoms with Gasteiger partial charge in [0.2, 0.25) is 0 Å². The molecule has 1 aliphatic heterocycles. The van der Waals surface area contributed by atoms with Crippen LogP contribution >= 0.6 is 0 Å². The van der Waals surface area contributed by atoms with Crippen LogP contribution in [-0.4, -0.2) is 18.1 Å². The Kier molecular flexibility index (Phi) is 3.88. The summed E-state index contributed by atoms with van der Waals surface area (Å²) in [6, 6.07) is 10.9. The van der Waals surface area contributed by atoms with E-state index in [4.69, 9.17) is 4.98 Å². The van der Waals surface area contributed by atoms with Gasteiger partial charge in [0, 0.05) is 18.5 Å². The molecule has 1 N–H and O–H groups in total. The Balaban J connectivity index is 1.92. The lowest BCUT2D eigenvalue weighted by Gasteiger charge is -2.22. The first-order valence-electron chi connectivity index (χ1n) is 7.66. The predicted molar refractivity (Wildman–Crippen MR) is 85.0 cm³/mol. The van der Waals surface area contributed by atoms with Crippen molar-refractivity contribution < 1.29 is 0 Å². The molecule has 0 atom stereocenters.